The van der Waals surface area contributed by atoms with E-state index in [1.54, 1.807) is 25.5 Å². The van der Waals surface area contributed by atoms with E-state index in [0.717, 1.165) is 31.6 Å². The summed E-state index contributed by atoms with van der Waals surface area (Å²) in [6.45, 7) is -0.175. The van der Waals surface area contributed by atoms with Crippen LogP contribution in [0.25, 0.3) is 21.5 Å². The Balaban J connectivity index is 1.50. The maximum atomic E-state index is 12.2. The molecule has 0 saturated carbocycles. The van der Waals surface area contributed by atoms with E-state index in [1.165, 1.54) is 0 Å². The predicted octanol–water partition coefficient (Wildman–Crippen LogP) is 5.29. The fourth-order valence-electron chi connectivity index (χ4n) is 3.29. The lowest BCUT2D eigenvalue weighted by Gasteiger charge is -2.10. The number of hydrogen-bond donors (Lipinski definition) is 1. The van der Waals surface area contributed by atoms with Crippen molar-refractivity contribution >= 4 is 49.6 Å². The molecule has 0 fully saturated rings. The Morgan fingerprint density at radius 2 is 1.63 bits per heavy atom. The van der Waals surface area contributed by atoms with Crippen LogP contribution in [0.1, 0.15) is 5.56 Å². The van der Waals surface area contributed by atoms with E-state index < -0.39 is 0 Å². The first-order chi connectivity index (χ1) is 14.7. The molecule has 0 spiro atoms. The van der Waals surface area contributed by atoms with Gasteiger partial charge in [-0.15, -0.1) is 0 Å². The monoisotopic (exact) mass is 462 g/mol. The van der Waals surface area contributed by atoms with Crippen molar-refractivity contribution in [2.75, 3.05) is 13.7 Å². The maximum Gasteiger partial charge on any atom is 0.277 e. The van der Waals surface area contributed by atoms with Gasteiger partial charge in [0.25, 0.3) is 5.91 Å². The molecule has 0 aliphatic carbocycles. The highest BCUT2D eigenvalue weighted by Crippen LogP contribution is 2.30. The number of hydrogen-bond acceptors (Lipinski definition) is 4. The Morgan fingerprint density at radius 1 is 0.967 bits per heavy atom. The number of ether oxygens (including phenoxy) is 2. The molecule has 0 saturated heterocycles. The number of methoxy groups -OCH3 is 1. The zero-order valence-electron chi connectivity index (χ0n) is 16.3. The largest absolute Gasteiger partial charge is 0.493 e. The summed E-state index contributed by atoms with van der Waals surface area (Å²) in [4.78, 5) is 12.2. The molecule has 4 aromatic rings. The molecule has 4 rings (SSSR count). The van der Waals surface area contributed by atoms with Crippen LogP contribution in [0.4, 0.5) is 0 Å². The third-order valence-electron chi connectivity index (χ3n) is 4.68. The van der Waals surface area contributed by atoms with Crippen molar-refractivity contribution < 1.29 is 14.3 Å². The second-order valence-corrected chi connectivity index (χ2v) is 7.53. The lowest BCUT2D eigenvalue weighted by molar-refractivity contribution is -0.123. The molecule has 0 aliphatic rings. The fraction of sp³-hybridized carbons (Fsp3) is 0.0833. The lowest BCUT2D eigenvalue weighted by atomic mass is 9.97. The van der Waals surface area contributed by atoms with Gasteiger partial charge in [0.15, 0.2) is 18.1 Å². The number of carbonyl (C=O) groups excluding carboxylic acids is 1. The number of hydrazone groups is 1. The van der Waals surface area contributed by atoms with E-state index in [4.69, 9.17) is 9.47 Å². The molecule has 6 heteroatoms. The van der Waals surface area contributed by atoms with Gasteiger partial charge in [0, 0.05) is 10.0 Å². The van der Waals surface area contributed by atoms with Crippen molar-refractivity contribution in [3.05, 3.63) is 82.8 Å². The van der Waals surface area contributed by atoms with Gasteiger partial charge in [-0.25, -0.2) is 5.43 Å². The van der Waals surface area contributed by atoms with Gasteiger partial charge in [-0.3, -0.25) is 4.79 Å². The van der Waals surface area contributed by atoms with Crippen molar-refractivity contribution in [2.24, 2.45) is 5.10 Å². The number of amides is 1. The molecule has 30 heavy (non-hydrogen) atoms. The summed E-state index contributed by atoms with van der Waals surface area (Å²) in [5.74, 6) is 0.670. The summed E-state index contributed by atoms with van der Waals surface area (Å²) in [6, 6.07) is 23.7. The summed E-state index contributed by atoms with van der Waals surface area (Å²) >= 11 is 3.37. The molecular formula is C24H19BrN2O3. The van der Waals surface area contributed by atoms with E-state index in [1.807, 2.05) is 42.5 Å². The van der Waals surface area contributed by atoms with Crippen LogP contribution in [-0.4, -0.2) is 25.8 Å². The topological polar surface area (TPSA) is 59.9 Å². The fourth-order valence-corrected chi connectivity index (χ4v) is 3.63. The molecule has 0 aliphatic heterocycles. The van der Waals surface area contributed by atoms with Crippen LogP contribution in [0.2, 0.25) is 0 Å². The minimum atomic E-state index is -0.360. The smallest absolute Gasteiger partial charge is 0.277 e. The van der Waals surface area contributed by atoms with Crippen LogP contribution in [0.3, 0.4) is 0 Å². The van der Waals surface area contributed by atoms with Crippen molar-refractivity contribution in [1.29, 1.82) is 0 Å². The SMILES string of the molecule is COc1cc(Br)ccc1OCC(=O)N/N=C\c1c2ccccc2cc2ccccc12. The molecule has 0 atom stereocenters. The van der Waals surface area contributed by atoms with Gasteiger partial charge in [0.2, 0.25) is 0 Å². The second kappa shape index (κ2) is 8.97. The number of halogens is 1. The summed E-state index contributed by atoms with van der Waals surface area (Å²) in [7, 11) is 1.55. The Hall–Kier alpha value is -3.38. The van der Waals surface area contributed by atoms with Gasteiger partial charge in [-0.05, 0) is 45.8 Å². The quantitative estimate of drug-likeness (QED) is 0.240. The van der Waals surface area contributed by atoms with Crippen molar-refractivity contribution in [1.82, 2.24) is 5.43 Å². The Kier molecular flexibility index (Phi) is 5.95. The second-order valence-electron chi connectivity index (χ2n) is 6.61. The average Bonchev–Trinajstić information content (AvgIpc) is 2.77. The summed E-state index contributed by atoms with van der Waals surface area (Å²) < 4.78 is 11.7. The van der Waals surface area contributed by atoms with Gasteiger partial charge in [0.1, 0.15) is 0 Å². The molecule has 5 nitrogen and oxygen atoms in total. The highest BCUT2D eigenvalue weighted by Gasteiger charge is 2.08. The number of benzene rings is 4. The van der Waals surface area contributed by atoms with E-state index >= 15 is 0 Å². The van der Waals surface area contributed by atoms with Crippen molar-refractivity contribution in [3.8, 4) is 11.5 Å². The maximum absolute atomic E-state index is 12.2. The van der Waals surface area contributed by atoms with E-state index in [0.29, 0.717) is 11.5 Å². The molecule has 0 unspecified atom stereocenters. The molecule has 0 radical (unpaired) electrons. The Bertz CT molecular complexity index is 1200. The molecule has 1 amide bonds. The zero-order valence-corrected chi connectivity index (χ0v) is 17.8. The highest BCUT2D eigenvalue weighted by molar-refractivity contribution is 9.10. The number of fused-ring (bicyclic) bond motifs is 2. The van der Waals surface area contributed by atoms with Crippen LogP contribution in [0, 0.1) is 0 Å². The first kappa shape index (κ1) is 19.9. The Morgan fingerprint density at radius 3 is 2.30 bits per heavy atom. The molecule has 0 aromatic heterocycles. The lowest BCUT2D eigenvalue weighted by Crippen LogP contribution is -2.24. The third-order valence-corrected chi connectivity index (χ3v) is 5.17. The van der Waals surface area contributed by atoms with E-state index in [2.05, 4.69) is 44.7 Å². The van der Waals surface area contributed by atoms with Gasteiger partial charge in [-0.2, -0.15) is 5.10 Å². The first-order valence-electron chi connectivity index (χ1n) is 9.34. The molecule has 1 N–H and O–H groups in total. The molecule has 0 bridgehead atoms. The summed E-state index contributed by atoms with van der Waals surface area (Å²) in [5, 5.41) is 8.56. The van der Waals surface area contributed by atoms with Gasteiger partial charge in [-0.1, -0.05) is 64.5 Å². The van der Waals surface area contributed by atoms with Gasteiger partial charge in [0.05, 0.1) is 13.3 Å². The molecule has 0 heterocycles. The van der Waals surface area contributed by atoms with Crippen LogP contribution in [0.15, 0.2) is 82.4 Å². The molecule has 150 valence electrons. The van der Waals surface area contributed by atoms with E-state index in [9.17, 15) is 4.79 Å². The van der Waals surface area contributed by atoms with Crippen LogP contribution >= 0.6 is 15.9 Å². The molecular weight excluding hydrogens is 444 g/mol. The normalized spacial score (nSPS) is 11.1. The standard InChI is InChI=1S/C24H19BrN2O3/c1-29-23-13-18(25)10-11-22(23)30-15-24(28)27-26-14-21-19-8-4-2-6-16(19)12-17-7-3-5-9-20(17)21/h2-14H,15H2,1H3,(H,27,28)/b26-14-. The predicted molar refractivity (Wildman–Crippen MR) is 123 cm³/mol. The van der Waals surface area contributed by atoms with Gasteiger partial charge >= 0.3 is 0 Å². The van der Waals surface area contributed by atoms with E-state index in [-0.39, 0.29) is 12.5 Å². The zero-order chi connectivity index (χ0) is 20.9. The Labute approximate surface area is 182 Å². The number of nitrogens with one attached hydrogen (secondary N) is 1. The third kappa shape index (κ3) is 4.28. The minimum Gasteiger partial charge on any atom is -0.493 e. The number of nitrogens with zero attached hydrogens (tertiary/aromatic N) is 1. The highest BCUT2D eigenvalue weighted by atomic mass is 79.9. The average molecular weight is 463 g/mol. The van der Waals surface area contributed by atoms with Crippen LogP contribution in [0.5, 0.6) is 11.5 Å². The minimum absolute atomic E-state index is 0.175. The van der Waals surface area contributed by atoms with Crippen molar-refractivity contribution in [3.63, 3.8) is 0 Å². The summed E-state index contributed by atoms with van der Waals surface area (Å²) in [6.07, 6.45) is 1.68. The van der Waals surface area contributed by atoms with Crippen LogP contribution in [-0.2, 0) is 4.79 Å². The number of carbonyl (C=O) groups is 1. The number of rotatable bonds is 6. The van der Waals surface area contributed by atoms with Crippen molar-refractivity contribution in [2.45, 2.75) is 0 Å². The van der Waals surface area contributed by atoms with Gasteiger partial charge < -0.3 is 9.47 Å². The molecule has 4 aromatic carbocycles. The van der Waals surface area contributed by atoms with Crippen LogP contribution < -0.4 is 14.9 Å². The first-order valence-corrected chi connectivity index (χ1v) is 10.1. The summed E-state index contributed by atoms with van der Waals surface area (Å²) in [5.41, 5.74) is 3.49.